The lowest BCUT2D eigenvalue weighted by molar-refractivity contribution is 0.104. The molecule has 3 heteroatoms. The molecule has 0 bridgehead atoms. The van der Waals surface area contributed by atoms with E-state index in [9.17, 15) is 4.79 Å². The quantitative estimate of drug-likeness (QED) is 0.462. The van der Waals surface area contributed by atoms with Gasteiger partial charge >= 0.3 is 0 Å². The molecule has 0 saturated carbocycles. The van der Waals surface area contributed by atoms with Crippen molar-refractivity contribution in [3.05, 3.63) is 70.4 Å². The molecule has 0 aliphatic heterocycles. The Labute approximate surface area is 116 Å². The summed E-state index contributed by atoms with van der Waals surface area (Å²) in [5.74, 6) is 0.733. The summed E-state index contributed by atoms with van der Waals surface area (Å²) in [4.78, 5) is 13.0. The molecule has 0 radical (unpaired) electrons. The van der Waals surface area contributed by atoms with Gasteiger partial charge in [-0.2, -0.15) is 0 Å². The van der Waals surface area contributed by atoms with Crippen molar-refractivity contribution in [1.82, 2.24) is 0 Å². The van der Waals surface area contributed by atoms with Crippen LogP contribution in [-0.2, 0) is 0 Å². The van der Waals surface area contributed by atoms with Crippen LogP contribution in [0.25, 0.3) is 6.08 Å². The molecule has 0 aliphatic rings. The zero-order valence-corrected chi connectivity index (χ0v) is 11.4. The van der Waals surface area contributed by atoms with Crippen LogP contribution in [0, 0.1) is 0 Å². The second-order valence-electron chi connectivity index (χ2n) is 3.83. The Hall–Kier alpha value is -2.13. The number of rotatable bonds is 5. The van der Waals surface area contributed by atoms with Crippen LogP contribution in [0.3, 0.4) is 0 Å². The van der Waals surface area contributed by atoms with E-state index in [1.165, 1.54) is 4.88 Å². The molecule has 0 spiro atoms. The summed E-state index contributed by atoms with van der Waals surface area (Å²) in [5, 5.41) is 2.02. The number of carbonyl (C=O) groups is 1. The maximum atomic E-state index is 11.8. The third kappa shape index (κ3) is 3.93. The fourth-order valence-electron chi connectivity index (χ4n) is 1.53. The van der Waals surface area contributed by atoms with Gasteiger partial charge in [-0.3, -0.25) is 4.79 Å². The van der Waals surface area contributed by atoms with Crippen molar-refractivity contribution in [2.24, 2.45) is 0 Å². The predicted molar refractivity (Wildman–Crippen MR) is 79.8 cm³/mol. The summed E-state index contributed by atoms with van der Waals surface area (Å²) in [6.45, 7) is 0. The number of methoxy groups -OCH3 is 1. The van der Waals surface area contributed by atoms with E-state index in [1.807, 2.05) is 29.7 Å². The van der Waals surface area contributed by atoms with E-state index in [0.29, 0.717) is 5.56 Å². The normalized spacial score (nSPS) is 11.2. The fraction of sp³-hybridized carbons (Fsp3) is 0.0625. The van der Waals surface area contributed by atoms with Crippen LogP contribution in [-0.4, -0.2) is 12.9 Å². The van der Waals surface area contributed by atoms with Crippen LogP contribution < -0.4 is 4.74 Å². The molecule has 0 aliphatic carbocycles. The largest absolute Gasteiger partial charge is 0.497 e. The molecule has 0 saturated heterocycles. The average Bonchev–Trinajstić information content (AvgIpc) is 2.96. The molecular weight excluding hydrogens is 256 g/mol. The van der Waals surface area contributed by atoms with Crippen molar-refractivity contribution in [2.75, 3.05) is 7.11 Å². The molecule has 0 unspecified atom stereocenters. The predicted octanol–water partition coefficient (Wildman–Crippen LogP) is 4.21. The first-order valence-corrected chi connectivity index (χ1v) is 6.74. The summed E-state index contributed by atoms with van der Waals surface area (Å²) in [5.41, 5.74) is 0.654. The topological polar surface area (TPSA) is 26.3 Å². The van der Waals surface area contributed by atoms with Crippen molar-refractivity contribution in [1.29, 1.82) is 0 Å². The number of ketones is 1. The maximum absolute atomic E-state index is 11.8. The van der Waals surface area contributed by atoms with E-state index in [0.717, 1.165) is 5.75 Å². The third-order valence-corrected chi connectivity index (χ3v) is 3.37. The highest BCUT2D eigenvalue weighted by Crippen LogP contribution is 2.12. The molecule has 1 aromatic carbocycles. The first kappa shape index (κ1) is 13.3. The van der Waals surface area contributed by atoms with Crippen molar-refractivity contribution in [3.8, 4) is 5.75 Å². The van der Waals surface area contributed by atoms with E-state index in [4.69, 9.17) is 4.74 Å². The Kier molecular flexibility index (Phi) is 4.70. The van der Waals surface area contributed by atoms with Crippen molar-refractivity contribution in [3.63, 3.8) is 0 Å². The minimum Gasteiger partial charge on any atom is -0.497 e. The number of allylic oxidation sites excluding steroid dienone is 3. The third-order valence-electron chi connectivity index (χ3n) is 2.54. The molecular formula is C16H14O2S. The van der Waals surface area contributed by atoms with Crippen molar-refractivity contribution < 1.29 is 9.53 Å². The van der Waals surface area contributed by atoms with Gasteiger partial charge in [0.25, 0.3) is 0 Å². The Morgan fingerprint density at radius 1 is 1.16 bits per heavy atom. The van der Waals surface area contributed by atoms with Crippen LogP contribution in [0.2, 0.25) is 0 Å². The summed E-state index contributed by atoms with van der Waals surface area (Å²) in [7, 11) is 1.60. The fourth-order valence-corrected chi connectivity index (χ4v) is 2.16. The molecule has 2 aromatic rings. The van der Waals surface area contributed by atoms with Gasteiger partial charge in [0.15, 0.2) is 5.78 Å². The summed E-state index contributed by atoms with van der Waals surface area (Å²) < 4.78 is 5.05. The van der Waals surface area contributed by atoms with Crippen LogP contribution in [0.5, 0.6) is 5.75 Å². The van der Waals surface area contributed by atoms with Gasteiger partial charge in [-0.05, 0) is 47.9 Å². The van der Waals surface area contributed by atoms with Crippen LogP contribution in [0.1, 0.15) is 15.2 Å². The lowest BCUT2D eigenvalue weighted by atomic mass is 10.1. The molecule has 1 heterocycles. The lowest BCUT2D eigenvalue weighted by Gasteiger charge is -1.99. The summed E-state index contributed by atoms with van der Waals surface area (Å²) in [6, 6.07) is 11.1. The van der Waals surface area contributed by atoms with Gasteiger partial charge in [-0.15, -0.1) is 11.3 Å². The van der Waals surface area contributed by atoms with Crippen molar-refractivity contribution in [2.45, 2.75) is 0 Å². The molecule has 1 aromatic heterocycles. The maximum Gasteiger partial charge on any atom is 0.185 e. The second kappa shape index (κ2) is 6.71. The first-order valence-electron chi connectivity index (χ1n) is 5.86. The van der Waals surface area contributed by atoms with E-state index >= 15 is 0 Å². The summed E-state index contributed by atoms with van der Waals surface area (Å²) in [6.07, 6.45) is 7.16. The Bertz CT molecular complexity index is 578. The highest BCUT2D eigenvalue weighted by molar-refractivity contribution is 7.10. The number of hydrogen-bond acceptors (Lipinski definition) is 3. The monoisotopic (exact) mass is 270 g/mol. The van der Waals surface area contributed by atoms with Crippen LogP contribution in [0.4, 0.5) is 0 Å². The van der Waals surface area contributed by atoms with Gasteiger partial charge in [0.2, 0.25) is 0 Å². The van der Waals surface area contributed by atoms with Crippen molar-refractivity contribution >= 4 is 23.2 Å². The number of benzene rings is 1. The average molecular weight is 270 g/mol. The minimum atomic E-state index is -0.0153. The molecule has 0 N–H and O–H groups in total. The molecule has 0 amide bonds. The molecule has 19 heavy (non-hydrogen) atoms. The molecule has 96 valence electrons. The minimum absolute atomic E-state index is 0.0153. The second-order valence-corrected chi connectivity index (χ2v) is 4.81. The Balaban J connectivity index is 1.96. The zero-order valence-electron chi connectivity index (χ0n) is 10.6. The van der Waals surface area contributed by atoms with Gasteiger partial charge in [-0.25, -0.2) is 0 Å². The van der Waals surface area contributed by atoms with E-state index < -0.39 is 0 Å². The lowest BCUT2D eigenvalue weighted by Crippen LogP contribution is -1.93. The van der Waals surface area contributed by atoms with Crippen LogP contribution >= 0.6 is 11.3 Å². The van der Waals surface area contributed by atoms with Gasteiger partial charge in [0.1, 0.15) is 5.75 Å². The SMILES string of the molecule is COc1ccc(C(=O)C=CC=Cc2cccs2)cc1. The Morgan fingerprint density at radius 3 is 2.58 bits per heavy atom. The highest BCUT2D eigenvalue weighted by Gasteiger charge is 2.00. The molecule has 0 fully saturated rings. The molecule has 2 rings (SSSR count). The van der Waals surface area contributed by atoms with Gasteiger partial charge in [0.05, 0.1) is 7.11 Å². The highest BCUT2D eigenvalue weighted by atomic mass is 32.1. The van der Waals surface area contributed by atoms with Crippen LogP contribution in [0.15, 0.2) is 60.0 Å². The Morgan fingerprint density at radius 2 is 1.95 bits per heavy atom. The molecule has 2 nitrogen and oxygen atoms in total. The number of hydrogen-bond donors (Lipinski definition) is 0. The standard InChI is InChI=1S/C16H14O2S/c1-18-14-10-8-13(9-11-14)16(17)7-3-2-5-15-6-4-12-19-15/h2-12H,1H3. The van der Waals surface area contributed by atoms with E-state index in [1.54, 1.807) is 54.9 Å². The number of carbonyl (C=O) groups excluding carboxylic acids is 1. The number of thiophene rings is 1. The van der Waals surface area contributed by atoms with Gasteiger partial charge in [-0.1, -0.05) is 18.2 Å². The number of ether oxygens (including phenoxy) is 1. The van der Waals surface area contributed by atoms with E-state index in [2.05, 4.69) is 0 Å². The first-order chi connectivity index (χ1) is 9.29. The molecule has 0 atom stereocenters. The van der Waals surface area contributed by atoms with Gasteiger partial charge in [0, 0.05) is 10.4 Å². The van der Waals surface area contributed by atoms with E-state index in [-0.39, 0.29) is 5.78 Å². The smallest absolute Gasteiger partial charge is 0.185 e. The zero-order chi connectivity index (χ0) is 13.5. The summed E-state index contributed by atoms with van der Waals surface area (Å²) >= 11 is 1.66. The van der Waals surface area contributed by atoms with Gasteiger partial charge < -0.3 is 4.74 Å².